The van der Waals surface area contributed by atoms with E-state index < -0.39 is 0 Å². The molecule has 0 fully saturated rings. The quantitative estimate of drug-likeness (QED) is 0.193. The highest BCUT2D eigenvalue weighted by molar-refractivity contribution is 6.35. The highest BCUT2D eigenvalue weighted by Crippen LogP contribution is 2.30. The van der Waals surface area contributed by atoms with Crippen LogP contribution in [-0.2, 0) is 6.54 Å². The van der Waals surface area contributed by atoms with E-state index in [1.807, 2.05) is 85.8 Å². The molecule has 0 atom stereocenters. The molecule has 8 heteroatoms. The second-order valence-corrected chi connectivity index (χ2v) is 10.6. The standard InChI is InChI=1S/C33H22Cl2N4O2/c1-20-26(24-9-4-6-12-29(24)38(20)19-22-14-15-23(34)17-27(22)35)18-36-39-32(31-16-21-8-2-7-13-30(21)41-31)37-28-11-5-3-10-25(28)33(39)40/h2-18H,19H2,1H3. The first-order valence-corrected chi connectivity index (χ1v) is 13.8. The SMILES string of the molecule is Cc1c(C=Nn2c(-c3cc4ccccc4o3)nc3ccccc3c2=O)c2ccccc2n1Cc1ccc(Cl)cc1Cl. The van der Waals surface area contributed by atoms with E-state index in [2.05, 4.69) is 10.6 Å². The summed E-state index contributed by atoms with van der Waals surface area (Å²) >= 11 is 12.7. The lowest BCUT2D eigenvalue weighted by atomic mass is 10.1. The topological polar surface area (TPSA) is 65.3 Å². The van der Waals surface area contributed by atoms with Gasteiger partial charge in [0.2, 0.25) is 5.82 Å². The number of nitrogens with zero attached hydrogens (tertiary/aromatic N) is 4. The first-order valence-electron chi connectivity index (χ1n) is 13.0. The Morgan fingerprint density at radius 2 is 1.66 bits per heavy atom. The lowest BCUT2D eigenvalue weighted by molar-refractivity contribution is 0.616. The zero-order valence-corrected chi connectivity index (χ0v) is 23.4. The Bertz CT molecular complexity index is 2170. The van der Waals surface area contributed by atoms with Gasteiger partial charge in [0.15, 0.2) is 5.76 Å². The number of halogens is 2. The number of rotatable bonds is 5. The van der Waals surface area contributed by atoms with Gasteiger partial charge in [-0.2, -0.15) is 9.78 Å². The van der Waals surface area contributed by atoms with E-state index >= 15 is 0 Å². The molecule has 0 aliphatic heterocycles. The fourth-order valence-corrected chi connectivity index (χ4v) is 5.71. The smallest absolute Gasteiger partial charge is 0.282 e. The Balaban J connectivity index is 1.40. The minimum atomic E-state index is -0.281. The fourth-order valence-electron chi connectivity index (χ4n) is 5.24. The molecule has 0 unspecified atom stereocenters. The fraction of sp³-hybridized carbons (Fsp3) is 0.0606. The van der Waals surface area contributed by atoms with Crippen molar-refractivity contribution < 1.29 is 4.42 Å². The first-order chi connectivity index (χ1) is 20.0. The summed E-state index contributed by atoms with van der Waals surface area (Å²) in [5, 5.41) is 8.33. The summed E-state index contributed by atoms with van der Waals surface area (Å²) in [5.41, 5.74) is 4.85. The zero-order chi connectivity index (χ0) is 28.1. The molecule has 200 valence electrons. The summed E-state index contributed by atoms with van der Waals surface area (Å²) in [5.74, 6) is 0.790. The summed E-state index contributed by atoms with van der Waals surface area (Å²) in [7, 11) is 0. The Hall–Kier alpha value is -4.65. The van der Waals surface area contributed by atoms with Gasteiger partial charge in [-0.1, -0.05) is 77.8 Å². The molecule has 41 heavy (non-hydrogen) atoms. The molecular formula is C33H22Cl2N4O2. The van der Waals surface area contributed by atoms with Crippen LogP contribution < -0.4 is 5.56 Å². The second-order valence-electron chi connectivity index (χ2n) is 9.80. The van der Waals surface area contributed by atoms with Crippen LogP contribution in [0, 0.1) is 6.92 Å². The van der Waals surface area contributed by atoms with Crippen LogP contribution in [0.2, 0.25) is 10.0 Å². The number of furan rings is 1. The molecule has 3 heterocycles. The van der Waals surface area contributed by atoms with E-state index in [0.717, 1.165) is 33.1 Å². The van der Waals surface area contributed by atoms with Crippen molar-refractivity contribution in [1.82, 2.24) is 14.2 Å². The van der Waals surface area contributed by atoms with Crippen molar-refractivity contribution >= 4 is 62.2 Å². The Kier molecular flexibility index (Phi) is 6.22. The van der Waals surface area contributed by atoms with Crippen molar-refractivity contribution in [2.24, 2.45) is 5.10 Å². The normalized spacial score (nSPS) is 11.9. The predicted molar refractivity (Wildman–Crippen MR) is 166 cm³/mol. The molecule has 0 aliphatic carbocycles. The Morgan fingerprint density at radius 1 is 0.902 bits per heavy atom. The van der Waals surface area contributed by atoms with Gasteiger partial charge in [-0.25, -0.2) is 4.98 Å². The van der Waals surface area contributed by atoms with Crippen LogP contribution in [-0.4, -0.2) is 20.4 Å². The van der Waals surface area contributed by atoms with Gasteiger partial charge in [0.25, 0.3) is 5.56 Å². The first kappa shape index (κ1) is 25.3. The monoisotopic (exact) mass is 576 g/mol. The molecule has 0 bridgehead atoms. The lowest BCUT2D eigenvalue weighted by Crippen LogP contribution is -2.20. The summed E-state index contributed by atoms with van der Waals surface area (Å²) in [4.78, 5) is 18.6. The molecule has 4 aromatic carbocycles. The number of hydrogen-bond donors (Lipinski definition) is 0. The molecule has 0 aliphatic rings. The second kappa shape index (κ2) is 10.1. The van der Waals surface area contributed by atoms with Crippen molar-refractivity contribution in [1.29, 1.82) is 0 Å². The summed E-state index contributed by atoms with van der Waals surface area (Å²) in [6.45, 7) is 2.59. The van der Waals surface area contributed by atoms with E-state index in [1.54, 1.807) is 18.3 Å². The van der Waals surface area contributed by atoms with Crippen LogP contribution in [0.4, 0.5) is 0 Å². The number of fused-ring (bicyclic) bond motifs is 3. The minimum absolute atomic E-state index is 0.281. The molecule has 0 amide bonds. The predicted octanol–water partition coefficient (Wildman–Crippen LogP) is 8.31. The van der Waals surface area contributed by atoms with Gasteiger partial charge in [0, 0.05) is 44.1 Å². The molecule has 6 nitrogen and oxygen atoms in total. The van der Waals surface area contributed by atoms with E-state index in [0.29, 0.717) is 44.7 Å². The average molecular weight is 577 g/mol. The maximum Gasteiger partial charge on any atom is 0.282 e. The van der Waals surface area contributed by atoms with E-state index in [9.17, 15) is 4.79 Å². The van der Waals surface area contributed by atoms with Gasteiger partial charge >= 0.3 is 0 Å². The van der Waals surface area contributed by atoms with Gasteiger partial charge in [-0.05, 0) is 55.0 Å². The van der Waals surface area contributed by atoms with Crippen molar-refractivity contribution in [2.75, 3.05) is 0 Å². The van der Waals surface area contributed by atoms with Crippen molar-refractivity contribution in [2.45, 2.75) is 13.5 Å². The van der Waals surface area contributed by atoms with Gasteiger partial charge in [-0.3, -0.25) is 4.79 Å². The highest BCUT2D eigenvalue weighted by atomic mass is 35.5. The van der Waals surface area contributed by atoms with Gasteiger partial charge in [0.1, 0.15) is 5.58 Å². The van der Waals surface area contributed by atoms with Crippen LogP contribution >= 0.6 is 23.2 Å². The van der Waals surface area contributed by atoms with Crippen LogP contribution in [0.25, 0.3) is 44.4 Å². The average Bonchev–Trinajstić information content (AvgIpc) is 3.53. The van der Waals surface area contributed by atoms with Gasteiger partial charge in [0.05, 0.1) is 17.1 Å². The highest BCUT2D eigenvalue weighted by Gasteiger charge is 2.18. The van der Waals surface area contributed by atoms with Crippen LogP contribution in [0.1, 0.15) is 16.8 Å². The minimum Gasteiger partial charge on any atom is -0.453 e. The Morgan fingerprint density at radius 3 is 2.49 bits per heavy atom. The number of hydrogen-bond acceptors (Lipinski definition) is 4. The zero-order valence-electron chi connectivity index (χ0n) is 21.9. The van der Waals surface area contributed by atoms with Crippen molar-refractivity contribution in [3.05, 3.63) is 134 Å². The van der Waals surface area contributed by atoms with E-state index in [4.69, 9.17) is 37.7 Å². The van der Waals surface area contributed by atoms with Gasteiger partial charge in [-0.15, -0.1) is 0 Å². The molecule has 0 N–H and O–H groups in total. The molecule has 0 saturated heterocycles. The molecule has 3 aromatic heterocycles. The van der Waals surface area contributed by atoms with Crippen LogP contribution in [0.15, 0.2) is 111 Å². The third-order valence-electron chi connectivity index (χ3n) is 7.33. The summed E-state index contributed by atoms with van der Waals surface area (Å²) in [6, 6.07) is 30.4. The third kappa shape index (κ3) is 4.42. The maximum atomic E-state index is 13.8. The van der Waals surface area contributed by atoms with Crippen LogP contribution in [0.5, 0.6) is 0 Å². The van der Waals surface area contributed by atoms with E-state index in [1.165, 1.54) is 4.68 Å². The van der Waals surface area contributed by atoms with Crippen molar-refractivity contribution in [3.8, 4) is 11.6 Å². The largest absolute Gasteiger partial charge is 0.453 e. The molecule has 7 rings (SSSR count). The molecule has 0 radical (unpaired) electrons. The lowest BCUT2D eigenvalue weighted by Gasteiger charge is -2.10. The number of benzene rings is 4. The maximum absolute atomic E-state index is 13.8. The van der Waals surface area contributed by atoms with Crippen molar-refractivity contribution in [3.63, 3.8) is 0 Å². The number of para-hydroxylation sites is 3. The van der Waals surface area contributed by atoms with Crippen LogP contribution in [0.3, 0.4) is 0 Å². The molecule has 7 aromatic rings. The third-order valence-corrected chi connectivity index (χ3v) is 7.91. The van der Waals surface area contributed by atoms with E-state index in [-0.39, 0.29) is 5.56 Å². The number of aromatic nitrogens is 3. The summed E-state index contributed by atoms with van der Waals surface area (Å²) < 4.78 is 9.62. The Labute approximate surface area is 244 Å². The molecule has 0 spiro atoms. The van der Waals surface area contributed by atoms with Gasteiger partial charge < -0.3 is 8.98 Å². The molecule has 0 saturated carbocycles. The summed E-state index contributed by atoms with van der Waals surface area (Å²) in [6.07, 6.45) is 1.72. The molecular weight excluding hydrogens is 555 g/mol.